The Morgan fingerprint density at radius 2 is 2.08 bits per heavy atom. The van der Waals surface area contributed by atoms with Gasteiger partial charge in [-0.25, -0.2) is 4.99 Å². The van der Waals surface area contributed by atoms with Crippen LogP contribution in [0.3, 0.4) is 0 Å². The van der Waals surface area contributed by atoms with E-state index in [4.69, 9.17) is 24.9 Å². The van der Waals surface area contributed by atoms with E-state index in [9.17, 15) is 0 Å². The van der Waals surface area contributed by atoms with E-state index in [1.807, 2.05) is 25.1 Å². The van der Waals surface area contributed by atoms with Crippen LogP contribution in [0.5, 0.6) is 11.5 Å². The van der Waals surface area contributed by atoms with Crippen LogP contribution in [0.15, 0.2) is 23.2 Å². The Hall–Kier alpha value is -1.22. The molecule has 2 fully saturated rings. The van der Waals surface area contributed by atoms with Gasteiger partial charge in [-0.3, -0.25) is 0 Å². The minimum atomic E-state index is 0. The standard InChI is InChI=1S/C18H27N3O3.HI/c1-4-24-16-11-15(18(16)8-5-9-18)21-17(19)20-13-10-12(22-2)6-7-14(13)23-3;/h6-7,10,15-16H,4-5,8-9,11H2,1-3H3,(H3,19,20,21);1H. The van der Waals surface area contributed by atoms with E-state index in [1.54, 1.807) is 14.2 Å². The van der Waals surface area contributed by atoms with Crippen LogP contribution in [0.1, 0.15) is 32.6 Å². The summed E-state index contributed by atoms with van der Waals surface area (Å²) in [6.45, 7) is 2.81. The summed E-state index contributed by atoms with van der Waals surface area (Å²) in [4.78, 5) is 4.72. The van der Waals surface area contributed by atoms with E-state index in [0.717, 1.165) is 24.5 Å². The predicted molar refractivity (Wildman–Crippen MR) is 110 cm³/mol. The van der Waals surface area contributed by atoms with E-state index < -0.39 is 0 Å². The lowest BCUT2D eigenvalue weighted by atomic mass is 9.51. The van der Waals surface area contributed by atoms with Gasteiger partial charge in [0.05, 0.1) is 32.1 Å². The lowest BCUT2D eigenvalue weighted by Crippen LogP contribution is -2.61. The van der Waals surface area contributed by atoms with Crippen LogP contribution in [0.4, 0.5) is 5.69 Å². The van der Waals surface area contributed by atoms with Gasteiger partial charge in [0.25, 0.3) is 0 Å². The molecule has 2 saturated carbocycles. The maximum Gasteiger partial charge on any atom is 0.193 e. The number of aliphatic imine (C=N–C) groups is 1. The van der Waals surface area contributed by atoms with Gasteiger partial charge in [0, 0.05) is 18.1 Å². The summed E-state index contributed by atoms with van der Waals surface area (Å²) >= 11 is 0. The number of nitrogens with two attached hydrogens (primary N) is 1. The Balaban J connectivity index is 0.00000225. The van der Waals surface area contributed by atoms with E-state index in [2.05, 4.69) is 5.32 Å². The molecule has 0 radical (unpaired) electrons. The SMILES string of the molecule is CCOC1CC(N=C(N)Nc2cc(OC)ccc2OC)C12CCC2.I. The average Bonchev–Trinajstić information content (AvgIpc) is 2.52. The average molecular weight is 461 g/mol. The molecule has 0 heterocycles. The number of hydrogen-bond acceptors (Lipinski definition) is 4. The highest BCUT2D eigenvalue weighted by molar-refractivity contribution is 14.0. The molecule has 6 nitrogen and oxygen atoms in total. The zero-order valence-corrected chi connectivity index (χ0v) is 17.4. The minimum absolute atomic E-state index is 0. The van der Waals surface area contributed by atoms with E-state index in [1.165, 1.54) is 19.3 Å². The highest BCUT2D eigenvalue weighted by Gasteiger charge is 2.59. The second-order valence-corrected chi connectivity index (χ2v) is 6.49. The summed E-state index contributed by atoms with van der Waals surface area (Å²) in [6, 6.07) is 5.78. The number of guanidine groups is 1. The van der Waals surface area contributed by atoms with Crippen molar-refractivity contribution in [1.29, 1.82) is 0 Å². The zero-order chi connectivity index (χ0) is 17.2. The molecule has 2 atom stereocenters. The number of anilines is 1. The molecule has 0 amide bonds. The number of benzene rings is 1. The highest BCUT2D eigenvalue weighted by Crippen LogP contribution is 2.58. The first-order valence-electron chi connectivity index (χ1n) is 8.57. The fraction of sp³-hybridized carbons (Fsp3) is 0.611. The monoisotopic (exact) mass is 461 g/mol. The zero-order valence-electron chi connectivity index (χ0n) is 15.1. The Kier molecular flexibility index (Phi) is 6.79. The quantitative estimate of drug-likeness (QED) is 0.386. The molecule has 3 rings (SSSR count). The molecule has 1 aromatic rings. The maximum atomic E-state index is 6.15. The van der Waals surface area contributed by atoms with Crippen molar-refractivity contribution in [2.24, 2.45) is 16.1 Å². The third kappa shape index (κ3) is 3.81. The molecule has 7 heteroatoms. The summed E-state index contributed by atoms with van der Waals surface area (Å²) in [6.07, 6.45) is 4.91. The topological polar surface area (TPSA) is 78.1 Å². The van der Waals surface area contributed by atoms with Crippen LogP contribution in [0.2, 0.25) is 0 Å². The van der Waals surface area contributed by atoms with Gasteiger partial charge in [-0.15, -0.1) is 24.0 Å². The molecule has 3 N–H and O–H groups in total. The van der Waals surface area contributed by atoms with Crippen LogP contribution in [-0.4, -0.2) is 38.9 Å². The van der Waals surface area contributed by atoms with Crippen molar-refractivity contribution in [3.63, 3.8) is 0 Å². The molecule has 1 spiro atoms. The van der Waals surface area contributed by atoms with Gasteiger partial charge in [-0.2, -0.15) is 0 Å². The second-order valence-electron chi connectivity index (χ2n) is 6.49. The molecule has 0 aromatic heterocycles. The molecule has 2 unspecified atom stereocenters. The largest absolute Gasteiger partial charge is 0.497 e. The third-order valence-electron chi connectivity index (χ3n) is 5.36. The van der Waals surface area contributed by atoms with Crippen molar-refractivity contribution in [3.05, 3.63) is 18.2 Å². The second kappa shape index (κ2) is 8.44. The third-order valence-corrected chi connectivity index (χ3v) is 5.36. The van der Waals surface area contributed by atoms with Crippen LogP contribution < -0.4 is 20.5 Å². The van der Waals surface area contributed by atoms with Crippen molar-refractivity contribution < 1.29 is 14.2 Å². The van der Waals surface area contributed by atoms with Crippen LogP contribution in [-0.2, 0) is 4.74 Å². The first-order chi connectivity index (χ1) is 11.6. The van der Waals surface area contributed by atoms with Crippen molar-refractivity contribution >= 4 is 35.6 Å². The Morgan fingerprint density at radius 1 is 1.32 bits per heavy atom. The summed E-state index contributed by atoms with van der Waals surface area (Å²) in [5, 5.41) is 3.15. The van der Waals surface area contributed by atoms with Gasteiger partial charge in [0.1, 0.15) is 11.5 Å². The molecule has 2 aliphatic rings. The Labute approximate surface area is 166 Å². The lowest BCUT2D eigenvalue weighted by Gasteiger charge is -2.59. The number of halogens is 1. The Morgan fingerprint density at radius 3 is 2.64 bits per heavy atom. The van der Waals surface area contributed by atoms with E-state index >= 15 is 0 Å². The van der Waals surface area contributed by atoms with Gasteiger partial charge >= 0.3 is 0 Å². The molecular weight excluding hydrogens is 433 g/mol. The van der Waals surface area contributed by atoms with Crippen molar-refractivity contribution in [2.45, 2.75) is 44.8 Å². The number of methoxy groups -OCH3 is 2. The maximum absolute atomic E-state index is 6.15. The van der Waals surface area contributed by atoms with Gasteiger partial charge < -0.3 is 25.3 Å². The van der Waals surface area contributed by atoms with Crippen LogP contribution >= 0.6 is 24.0 Å². The normalized spacial score (nSPS) is 23.9. The summed E-state index contributed by atoms with van der Waals surface area (Å²) in [5.41, 5.74) is 7.11. The molecule has 2 aliphatic carbocycles. The number of ether oxygens (including phenoxy) is 3. The van der Waals surface area contributed by atoms with Crippen molar-refractivity contribution in [1.82, 2.24) is 0 Å². The van der Waals surface area contributed by atoms with Crippen molar-refractivity contribution in [2.75, 3.05) is 26.1 Å². The van der Waals surface area contributed by atoms with E-state index in [-0.39, 0.29) is 35.4 Å². The minimum Gasteiger partial charge on any atom is -0.497 e. The molecule has 0 bridgehead atoms. The lowest BCUT2D eigenvalue weighted by molar-refractivity contribution is -0.162. The van der Waals surface area contributed by atoms with Gasteiger partial charge in [-0.05, 0) is 38.3 Å². The fourth-order valence-corrected chi connectivity index (χ4v) is 3.83. The van der Waals surface area contributed by atoms with Gasteiger partial charge in [0.2, 0.25) is 0 Å². The summed E-state index contributed by atoms with van der Waals surface area (Å²) < 4.78 is 16.5. The van der Waals surface area contributed by atoms with Gasteiger partial charge in [-0.1, -0.05) is 6.42 Å². The molecular formula is C18H28IN3O3. The van der Waals surface area contributed by atoms with Crippen molar-refractivity contribution in [3.8, 4) is 11.5 Å². The fourth-order valence-electron chi connectivity index (χ4n) is 3.83. The Bertz CT molecular complexity index is 620. The van der Waals surface area contributed by atoms with Crippen LogP contribution in [0.25, 0.3) is 0 Å². The number of nitrogens with one attached hydrogen (secondary N) is 1. The first-order valence-corrected chi connectivity index (χ1v) is 8.57. The van der Waals surface area contributed by atoms with Gasteiger partial charge in [0.15, 0.2) is 5.96 Å². The summed E-state index contributed by atoms with van der Waals surface area (Å²) in [5.74, 6) is 1.85. The molecule has 1 aromatic carbocycles. The highest BCUT2D eigenvalue weighted by atomic mass is 127. The molecule has 0 saturated heterocycles. The molecule has 0 aliphatic heterocycles. The number of nitrogens with zero attached hydrogens (tertiary/aromatic N) is 1. The summed E-state index contributed by atoms with van der Waals surface area (Å²) in [7, 11) is 3.26. The van der Waals surface area contributed by atoms with Crippen LogP contribution in [0, 0.1) is 5.41 Å². The molecule has 25 heavy (non-hydrogen) atoms. The predicted octanol–water partition coefficient (Wildman–Crippen LogP) is 3.40. The number of rotatable bonds is 6. The van der Waals surface area contributed by atoms with E-state index in [0.29, 0.717) is 17.8 Å². The molecule has 140 valence electrons. The smallest absolute Gasteiger partial charge is 0.193 e. The first kappa shape index (κ1) is 20.1. The number of hydrogen-bond donors (Lipinski definition) is 2.